The van der Waals surface area contributed by atoms with E-state index >= 15 is 0 Å². The van der Waals surface area contributed by atoms with Crippen LogP contribution in [0.5, 0.6) is 0 Å². The number of aromatic nitrogens is 2. The van der Waals surface area contributed by atoms with Crippen LogP contribution in [0.3, 0.4) is 0 Å². The minimum atomic E-state index is 0.0935. The molecule has 104 valence electrons. The Balaban J connectivity index is 2.13. The van der Waals surface area contributed by atoms with Crippen molar-refractivity contribution in [3.63, 3.8) is 0 Å². The third-order valence-corrected chi connectivity index (χ3v) is 3.80. The summed E-state index contributed by atoms with van der Waals surface area (Å²) in [6.07, 6.45) is 1.59. The molecule has 2 N–H and O–H groups in total. The predicted molar refractivity (Wildman–Crippen MR) is 82.2 cm³/mol. The molecule has 0 saturated heterocycles. The summed E-state index contributed by atoms with van der Waals surface area (Å²) < 4.78 is 0. The summed E-state index contributed by atoms with van der Waals surface area (Å²) >= 11 is 1.31. The maximum absolute atomic E-state index is 12.3. The van der Waals surface area contributed by atoms with Crippen LogP contribution < -0.4 is 5.73 Å². The van der Waals surface area contributed by atoms with Gasteiger partial charge in [0.1, 0.15) is 5.82 Å². The first-order chi connectivity index (χ1) is 9.47. The van der Waals surface area contributed by atoms with E-state index in [1.54, 1.807) is 12.3 Å². The van der Waals surface area contributed by atoms with Crippen LogP contribution in [0.1, 0.15) is 27.0 Å². The molecular formula is C15H17N3OS. The molecule has 0 aliphatic carbocycles. The van der Waals surface area contributed by atoms with E-state index in [4.69, 9.17) is 5.73 Å². The van der Waals surface area contributed by atoms with Gasteiger partial charge in [0.15, 0.2) is 10.9 Å². The average molecular weight is 287 g/mol. The molecule has 0 aliphatic heterocycles. The van der Waals surface area contributed by atoms with E-state index < -0.39 is 0 Å². The minimum absolute atomic E-state index is 0.0935. The molecule has 0 spiro atoms. The molecule has 5 heteroatoms. The number of carbonyl (C=O) groups excluding carboxylic acids is 1. The van der Waals surface area contributed by atoms with Gasteiger partial charge >= 0.3 is 0 Å². The second-order valence-corrected chi connectivity index (χ2v) is 5.69. The summed E-state index contributed by atoms with van der Waals surface area (Å²) in [5.74, 6) is 0.822. The van der Waals surface area contributed by atoms with Crippen LogP contribution in [0.4, 0.5) is 5.82 Å². The van der Waals surface area contributed by atoms with E-state index in [9.17, 15) is 4.79 Å². The van der Waals surface area contributed by atoms with Crippen molar-refractivity contribution < 1.29 is 4.79 Å². The standard InChI is InChI=1S/C15H17N3OS/c1-9-6-10(2)14(11(3)7-9)12(19)8-20-15-17-5-4-13(16)18-15/h4-7H,8H2,1-3H3,(H2,16,17,18). The molecule has 0 atom stereocenters. The Labute approximate surface area is 122 Å². The molecule has 0 saturated carbocycles. The Morgan fingerprint density at radius 2 is 1.90 bits per heavy atom. The molecule has 0 fully saturated rings. The Kier molecular flexibility index (Phi) is 4.39. The summed E-state index contributed by atoms with van der Waals surface area (Å²) in [7, 11) is 0. The molecule has 2 aromatic rings. The molecule has 20 heavy (non-hydrogen) atoms. The molecule has 0 aliphatic rings. The Morgan fingerprint density at radius 3 is 2.50 bits per heavy atom. The fraction of sp³-hybridized carbons (Fsp3) is 0.267. The van der Waals surface area contributed by atoms with Crippen molar-refractivity contribution in [1.82, 2.24) is 9.97 Å². The Morgan fingerprint density at radius 1 is 1.25 bits per heavy atom. The van der Waals surface area contributed by atoms with Gasteiger partial charge in [0.05, 0.1) is 5.75 Å². The summed E-state index contributed by atoms with van der Waals surface area (Å²) in [4.78, 5) is 20.5. The fourth-order valence-corrected chi connectivity index (χ4v) is 2.96. The van der Waals surface area contributed by atoms with Gasteiger partial charge in [0.2, 0.25) is 0 Å². The van der Waals surface area contributed by atoms with Gasteiger partial charge in [-0.05, 0) is 38.0 Å². The first-order valence-corrected chi connectivity index (χ1v) is 7.28. The van der Waals surface area contributed by atoms with Gasteiger partial charge in [-0.25, -0.2) is 9.97 Å². The number of rotatable bonds is 4. The van der Waals surface area contributed by atoms with Crippen LogP contribution >= 0.6 is 11.8 Å². The highest BCUT2D eigenvalue weighted by Gasteiger charge is 2.13. The van der Waals surface area contributed by atoms with Crippen LogP contribution in [0.15, 0.2) is 29.6 Å². The lowest BCUT2D eigenvalue weighted by Crippen LogP contribution is -2.08. The van der Waals surface area contributed by atoms with Crippen molar-refractivity contribution >= 4 is 23.4 Å². The third-order valence-electron chi connectivity index (χ3n) is 2.94. The lowest BCUT2D eigenvalue weighted by atomic mass is 9.97. The molecule has 0 unspecified atom stereocenters. The first-order valence-electron chi connectivity index (χ1n) is 6.29. The minimum Gasteiger partial charge on any atom is -0.384 e. The highest BCUT2D eigenvalue weighted by molar-refractivity contribution is 7.99. The van der Waals surface area contributed by atoms with Gasteiger partial charge in [-0.1, -0.05) is 29.5 Å². The van der Waals surface area contributed by atoms with Crippen molar-refractivity contribution in [1.29, 1.82) is 0 Å². The number of nitrogens with two attached hydrogens (primary N) is 1. The number of anilines is 1. The second kappa shape index (κ2) is 6.05. The number of hydrogen-bond acceptors (Lipinski definition) is 5. The van der Waals surface area contributed by atoms with Crippen LogP contribution in [-0.4, -0.2) is 21.5 Å². The summed E-state index contributed by atoms with van der Waals surface area (Å²) in [5.41, 5.74) is 9.59. The number of nitrogens with zero attached hydrogens (tertiary/aromatic N) is 2. The first kappa shape index (κ1) is 14.5. The second-order valence-electron chi connectivity index (χ2n) is 4.75. The van der Waals surface area contributed by atoms with Crippen molar-refractivity contribution in [3.05, 3.63) is 46.6 Å². The zero-order valence-electron chi connectivity index (χ0n) is 11.8. The number of aryl methyl sites for hydroxylation is 3. The van der Waals surface area contributed by atoms with Crippen molar-refractivity contribution in [3.8, 4) is 0 Å². The van der Waals surface area contributed by atoms with Crippen LogP contribution in [0.2, 0.25) is 0 Å². The summed E-state index contributed by atoms with van der Waals surface area (Å²) in [6, 6.07) is 5.68. The maximum Gasteiger partial charge on any atom is 0.189 e. The quantitative estimate of drug-likeness (QED) is 0.532. The van der Waals surface area contributed by atoms with E-state index in [-0.39, 0.29) is 5.78 Å². The van der Waals surface area contributed by atoms with E-state index in [1.165, 1.54) is 17.3 Å². The lowest BCUT2D eigenvalue weighted by molar-refractivity contribution is 0.102. The van der Waals surface area contributed by atoms with Crippen LogP contribution in [0.25, 0.3) is 0 Å². The highest BCUT2D eigenvalue weighted by atomic mass is 32.2. The van der Waals surface area contributed by atoms with Crippen molar-refractivity contribution in [2.45, 2.75) is 25.9 Å². The van der Waals surface area contributed by atoms with Crippen LogP contribution in [-0.2, 0) is 0 Å². The van der Waals surface area contributed by atoms with E-state index in [1.807, 2.05) is 32.9 Å². The Hall–Kier alpha value is -1.88. The molecule has 4 nitrogen and oxygen atoms in total. The molecule has 0 amide bonds. The molecule has 1 aromatic heterocycles. The SMILES string of the molecule is Cc1cc(C)c(C(=O)CSc2nccc(N)n2)c(C)c1. The number of ketones is 1. The molecular weight excluding hydrogens is 270 g/mol. The number of carbonyl (C=O) groups is 1. The monoisotopic (exact) mass is 287 g/mol. The fourth-order valence-electron chi connectivity index (χ4n) is 2.25. The number of nitrogen functional groups attached to an aromatic ring is 1. The predicted octanol–water partition coefficient (Wildman–Crippen LogP) is 2.96. The van der Waals surface area contributed by atoms with Crippen molar-refractivity contribution in [2.24, 2.45) is 0 Å². The number of benzene rings is 1. The molecule has 1 aromatic carbocycles. The molecule has 0 bridgehead atoms. The van der Waals surface area contributed by atoms with Gasteiger partial charge in [0.25, 0.3) is 0 Å². The topological polar surface area (TPSA) is 68.9 Å². The normalized spacial score (nSPS) is 10.6. The average Bonchev–Trinajstić information content (AvgIpc) is 2.35. The van der Waals surface area contributed by atoms with Gasteiger partial charge in [-0.2, -0.15) is 0 Å². The summed E-state index contributed by atoms with van der Waals surface area (Å²) in [5, 5.41) is 0.528. The van der Waals surface area contributed by atoms with Gasteiger partial charge < -0.3 is 5.73 Å². The summed E-state index contributed by atoms with van der Waals surface area (Å²) in [6.45, 7) is 5.97. The zero-order valence-corrected chi connectivity index (χ0v) is 12.6. The maximum atomic E-state index is 12.3. The molecule has 0 radical (unpaired) electrons. The zero-order chi connectivity index (χ0) is 14.7. The van der Waals surface area contributed by atoms with Crippen molar-refractivity contribution in [2.75, 3.05) is 11.5 Å². The van der Waals surface area contributed by atoms with E-state index in [0.717, 1.165) is 16.7 Å². The lowest BCUT2D eigenvalue weighted by Gasteiger charge is -2.09. The smallest absolute Gasteiger partial charge is 0.189 e. The van der Waals surface area contributed by atoms with Gasteiger partial charge in [-0.15, -0.1) is 0 Å². The van der Waals surface area contributed by atoms with E-state index in [2.05, 4.69) is 9.97 Å². The van der Waals surface area contributed by atoms with Gasteiger partial charge in [0, 0.05) is 11.8 Å². The number of hydrogen-bond donors (Lipinski definition) is 1. The third kappa shape index (κ3) is 3.36. The number of thioether (sulfide) groups is 1. The van der Waals surface area contributed by atoms with E-state index in [0.29, 0.717) is 16.7 Å². The molecule has 2 rings (SSSR count). The van der Waals surface area contributed by atoms with Gasteiger partial charge in [-0.3, -0.25) is 4.79 Å². The highest BCUT2D eigenvalue weighted by Crippen LogP contribution is 2.21. The van der Waals surface area contributed by atoms with Crippen LogP contribution in [0, 0.1) is 20.8 Å². The largest absolute Gasteiger partial charge is 0.384 e. The number of Topliss-reactive ketones (excluding diaryl/α,β-unsaturated/α-hetero) is 1. The molecule has 1 heterocycles. The Bertz CT molecular complexity index is 632.